The van der Waals surface area contributed by atoms with Crippen molar-refractivity contribution in [1.29, 1.82) is 0 Å². The number of amides is 1. The summed E-state index contributed by atoms with van der Waals surface area (Å²) in [5.74, 6) is 4.66. The van der Waals surface area contributed by atoms with Crippen LogP contribution in [0.2, 0.25) is 0 Å². The highest BCUT2D eigenvalue weighted by Gasteiger charge is 2.58. The number of ether oxygens (including phenoxy) is 1. The Balaban J connectivity index is 1.39. The molecule has 32 heavy (non-hydrogen) atoms. The molecule has 5 rings (SSSR count). The molecule has 3 aliphatic carbocycles. The number of hydrogen-bond acceptors (Lipinski definition) is 2. The molecule has 0 unspecified atom stereocenters. The minimum atomic E-state index is 0.0639. The van der Waals surface area contributed by atoms with E-state index in [0.717, 1.165) is 42.9 Å². The van der Waals surface area contributed by atoms with Crippen molar-refractivity contribution in [3.05, 3.63) is 11.1 Å². The molecule has 1 spiro atoms. The third-order valence-corrected chi connectivity index (χ3v) is 11.5. The van der Waals surface area contributed by atoms with Crippen LogP contribution in [-0.4, -0.2) is 23.7 Å². The molecule has 3 nitrogen and oxygen atoms in total. The van der Waals surface area contributed by atoms with Gasteiger partial charge in [-0.25, -0.2) is 0 Å². The Bertz CT molecular complexity index is 788. The van der Waals surface area contributed by atoms with Crippen LogP contribution in [0.4, 0.5) is 0 Å². The van der Waals surface area contributed by atoms with E-state index in [2.05, 4.69) is 46.9 Å². The second-order valence-corrected chi connectivity index (χ2v) is 12.9. The monoisotopic (exact) mass is 441 g/mol. The zero-order valence-electron chi connectivity index (χ0n) is 21.5. The largest absolute Gasteiger partial charge is 0.371 e. The maximum Gasteiger partial charge on any atom is 0.220 e. The van der Waals surface area contributed by atoms with E-state index in [-0.39, 0.29) is 11.5 Å². The van der Waals surface area contributed by atoms with Gasteiger partial charge in [-0.2, -0.15) is 0 Å². The van der Waals surface area contributed by atoms with Crippen molar-refractivity contribution >= 4 is 5.91 Å². The third-order valence-electron chi connectivity index (χ3n) is 11.5. The van der Waals surface area contributed by atoms with Crippen LogP contribution in [0.25, 0.3) is 0 Å². The van der Waals surface area contributed by atoms with Crippen molar-refractivity contribution in [2.24, 2.45) is 40.9 Å². The number of rotatable bonds is 3. The molecule has 0 radical (unpaired) electrons. The first kappa shape index (κ1) is 22.9. The predicted octanol–water partition coefficient (Wildman–Crippen LogP) is 6.66. The fraction of sp³-hybridized carbons (Fsp3) is 0.897. The molecule has 2 heterocycles. The first-order valence-electron chi connectivity index (χ1n) is 13.8. The van der Waals surface area contributed by atoms with Crippen LogP contribution in [0, 0.1) is 40.9 Å². The average molecular weight is 442 g/mol. The van der Waals surface area contributed by atoms with Crippen molar-refractivity contribution in [3.63, 3.8) is 0 Å². The number of piperidine rings is 1. The molecule has 0 aromatic carbocycles. The maximum absolute atomic E-state index is 12.1. The quantitative estimate of drug-likeness (QED) is 0.497. The summed E-state index contributed by atoms with van der Waals surface area (Å²) in [6, 6.07) is 0.403. The molecular weight excluding hydrogens is 394 g/mol. The van der Waals surface area contributed by atoms with Crippen LogP contribution in [0.1, 0.15) is 106 Å². The molecule has 10 atom stereocenters. The molecule has 4 fully saturated rings. The van der Waals surface area contributed by atoms with Crippen LogP contribution >= 0.6 is 0 Å². The normalized spacial score (nSPS) is 49.3. The van der Waals surface area contributed by atoms with Crippen molar-refractivity contribution < 1.29 is 9.53 Å². The smallest absolute Gasteiger partial charge is 0.220 e. The highest BCUT2D eigenvalue weighted by Crippen LogP contribution is 2.62. The van der Waals surface area contributed by atoms with Gasteiger partial charge < -0.3 is 10.1 Å². The molecule has 2 saturated carbocycles. The van der Waals surface area contributed by atoms with Crippen molar-refractivity contribution in [2.45, 2.75) is 123 Å². The molecular formula is C29H47NO2. The number of hydrogen-bond donors (Lipinski definition) is 1. The van der Waals surface area contributed by atoms with Crippen LogP contribution < -0.4 is 5.32 Å². The zero-order chi connectivity index (χ0) is 22.8. The highest BCUT2D eigenvalue weighted by atomic mass is 16.5. The molecule has 1 amide bonds. The second kappa shape index (κ2) is 8.14. The van der Waals surface area contributed by atoms with Gasteiger partial charge in [0.1, 0.15) is 0 Å². The highest BCUT2D eigenvalue weighted by molar-refractivity contribution is 5.77. The second-order valence-electron chi connectivity index (χ2n) is 12.9. The lowest BCUT2D eigenvalue weighted by Crippen LogP contribution is -2.57. The van der Waals surface area contributed by atoms with E-state index in [1.165, 1.54) is 44.9 Å². The molecule has 2 aliphatic heterocycles. The fourth-order valence-corrected chi connectivity index (χ4v) is 8.96. The van der Waals surface area contributed by atoms with E-state index in [1.54, 1.807) is 11.1 Å². The van der Waals surface area contributed by atoms with Crippen molar-refractivity contribution in [1.82, 2.24) is 5.32 Å². The Morgan fingerprint density at radius 3 is 2.72 bits per heavy atom. The SMILES string of the molecule is CC[C@@H](C)C[C@H]1O[C@]2(CC[C@@H]3C(=C(C)C2)C[C@H]2[C@H]3CC[C@H]3NC(=O)CC[C@@]32C)[C@H](C)[C@@H]1C. The summed E-state index contributed by atoms with van der Waals surface area (Å²) in [6.45, 7) is 14.6. The molecule has 3 heteroatoms. The lowest BCUT2D eigenvalue weighted by Gasteiger charge is -2.52. The summed E-state index contributed by atoms with van der Waals surface area (Å²) < 4.78 is 7.07. The van der Waals surface area contributed by atoms with Gasteiger partial charge in [0.25, 0.3) is 0 Å². The molecule has 2 saturated heterocycles. The van der Waals surface area contributed by atoms with Gasteiger partial charge in [-0.15, -0.1) is 0 Å². The first-order valence-corrected chi connectivity index (χ1v) is 13.8. The molecule has 180 valence electrons. The van der Waals surface area contributed by atoms with Crippen LogP contribution in [0.3, 0.4) is 0 Å². The standard InChI is InChI=1S/C29H47NO2/c1-7-17(2)14-25-19(4)20(5)29(32-25)13-10-21-22-8-9-26-28(6,12-11-27(31)30-26)24(22)15-23(21)18(3)16-29/h17,19-22,24-26H,7-16H2,1-6H3,(H,30,31)/t17-,19+,20-,21+,22+,24+,25-,26-,28-,29+/m1/s1. The summed E-state index contributed by atoms with van der Waals surface area (Å²) in [4.78, 5) is 12.1. The number of carbonyl (C=O) groups excluding carboxylic acids is 1. The molecule has 5 aliphatic rings. The van der Waals surface area contributed by atoms with E-state index >= 15 is 0 Å². The zero-order valence-corrected chi connectivity index (χ0v) is 21.5. The van der Waals surface area contributed by atoms with Crippen molar-refractivity contribution in [3.8, 4) is 0 Å². The van der Waals surface area contributed by atoms with Crippen LogP contribution in [0.5, 0.6) is 0 Å². The summed E-state index contributed by atoms with van der Waals surface area (Å²) in [5.41, 5.74) is 3.81. The van der Waals surface area contributed by atoms with E-state index < -0.39 is 0 Å². The molecule has 0 bridgehead atoms. The minimum absolute atomic E-state index is 0.0639. The Morgan fingerprint density at radius 2 is 1.97 bits per heavy atom. The third kappa shape index (κ3) is 3.43. The number of nitrogens with one attached hydrogen (secondary N) is 1. The lowest BCUT2D eigenvalue weighted by molar-refractivity contribution is -0.130. The number of allylic oxidation sites excluding steroid dienone is 1. The first-order chi connectivity index (χ1) is 15.2. The van der Waals surface area contributed by atoms with Gasteiger partial charge in [-0.3, -0.25) is 4.79 Å². The van der Waals surface area contributed by atoms with Crippen LogP contribution in [-0.2, 0) is 9.53 Å². The summed E-state index contributed by atoms with van der Waals surface area (Å²) >= 11 is 0. The summed E-state index contributed by atoms with van der Waals surface area (Å²) in [6.07, 6.45) is 12.2. The Morgan fingerprint density at radius 1 is 1.19 bits per heavy atom. The van der Waals surface area contributed by atoms with E-state index in [0.29, 0.717) is 29.4 Å². The lowest BCUT2D eigenvalue weighted by atomic mass is 9.57. The Kier molecular flexibility index (Phi) is 5.83. The van der Waals surface area contributed by atoms with Gasteiger partial charge in [0.15, 0.2) is 0 Å². The topological polar surface area (TPSA) is 38.3 Å². The van der Waals surface area contributed by atoms with Gasteiger partial charge in [-0.05, 0) is 99.2 Å². The van der Waals surface area contributed by atoms with Gasteiger partial charge in [0.05, 0.1) is 11.7 Å². The molecule has 0 aromatic heterocycles. The van der Waals surface area contributed by atoms with Gasteiger partial charge >= 0.3 is 0 Å². The number of fused-ring (bicyclic) bond motifs is 5. The van der Waals surface area contributed by atoms with E-state index in [1.807, 2.05) is 0 Å². The molecule has 0 aromatic rings. The Labute approximate surface area is 196 Å². The van der Waals surface area contributed by atoms with Crippen LogP contribution in [0.15, 0.2) is 11.1 Å². The predicted molar refractivity (Wildman–Crippen MR) is 130 cm³/mol. The van der Waals surface area contributed by atoms with Gasteiger partial charge in [0, 0.05) is 12.5 Å². The Hall–Kier alpha value is -0.830. The van der Waals surface area contributed by atoms with Gasteiger partial charge in [0.2, 0.25) is 5.91 Å². The minimum Gasteiger partial charge on any atom is -0.371 e. The molecule has 1 N–H and O–H groups in total. The number of carbonyl (C=O) groups is 1. The van der Waals surface area contributed by atoms with Crippen molar-refractivity contribution in [2.75, 3.05) is 0 Å². The fourth-order valence-electron chi connectivity index (χ4n) is 8.96. The van der Waals surface area contributed by atoms with E-state index in [4.69, 9.17) is 4.74 Å². The van der Waals surface area contributed by atoms with E-state index in [9.17, 15) is 4.79 Å². The summed E-state index contributed by atoms with van der Waals surface area (Å²) in [5, 5.41) is 3.38. The van der Waals surface area contributed by atoms with Gasteiger partial charge in [-0.1, -0.05) is 52.2 Å². The average Bonchev–Trinajstić information content (AvgIpc) is 3.20. The maximum atomic E-state index is 12.1. The summed E-state index contributed by atoms with van der Waals surface area (Å²) in [7, 11) is 0.